The average molecular weight is 440 g/mol. The van der Waals surface area contributed by atoms with Crippen molar-refractivity contribution in [3.8, 4) is 0 Å². The molecule has 7 heteroatoms. The lowest BCUT2D eigenvalue weighted by Gasteiger charge is -2.20. The number of amides is 1. The van der Waals surface area contributed by atoms with Crippen LogP contribution in [-0.4, -0.2) is 49.5 Å². The Morgan fingerprint density at radius 2 is 1.94 bits per heavy atom. The van der Waals surface area contributed by atoms with Gasteiger partial charge in [-0.2, -0.15) is 0 Å². The van der Waals surface area contributed by atoms with Gasteiger partial charge in [-0.1, -0.05) is 41.9 Å². The molecule has 2 aliphatic rings. The van der Waals surface area contributed by atoms with Crippen molar-refractivity contribution in [2.24, 2.45) is 4.99 Å². The lowest BCUT2D eigenvalue weighted by atomic mass is 10.1. The van der Waals surface area contributed by atoms with E-state index in [4.69, 9.17) is 11.6 Å². The molecule has 2 N–H and O–H groups in total. The Bertz CT molecular complexity index is 922. The van der Waals surface area contributed by atoms with Crippen molar-refractivity contribution in [2.75, 3.05) is 31.6 Å². The van der Waals surface area contributed by atoms with Gasteiger partial charge in [0.25, 0.3) is 0 Å². The van der Waals surface area contributed by atoms with Crippen molar-refractivity contribution in [2.45, 2.75) is 38.4 Å². The molecule has 4 rings (SSSR count). The highest BCUT2D eigenvalue weighted by Crippen LogP contribution is 2.24. The molecule has 0 saturated carbocycles. The van der Waals surface area contributed by atoms with Crippen molar-refractivity contribution in [1.29, 1.82) is 0 Å². The second kappa shape index (κ2) is 10.1. The maximum absolute atomic E-state index is 12.5. The van der Waals surface area contributed by atoms with E-state index >= 15 is 0 Å². The molecule has 0 bridgehead atoms. The first-order valence-corrected chi connectivity index (χ1v) is 11.3. The summed E-state index contributed by atoms with van der Waals surface area (Å²) in [6.07, 6.45) is 2.37. The normalized spacial score (nSPS) is 18.3. The molecule has 1 atom stereocenters. The molecule has 1 amide bonds. The molecule has 6 nitrogen and oxygen atoms in total. The van der Waals surface area contributed by atoms with Crippen LogP contribution in [0, 0.1) is 0 Å². The van der Waals surface area contributed by atoms with E-state index in [2.05, 4.69) is 38.7 Å². The van der Waals surface area contributed by atoms with Crippen LogP contribution in [0.1, 0.15) is 30.4 Å². The molecule has 31 heavy (non-hydrogen) atoms. The summed E-state index contributed by atoms with van der Waals surface area (Å²) in [7, 11) is 1.78. The zero-order chi connectivity index (χ0) is 21.6. The number of aliphatic imine (C=N–C) groups is 1. The highest BCUT2D eigenvalue weighted by atomic mass is 35.5. The third-order valence-corrected chi connectivity index (χ3v) is 6.21. The summed E-state index contributed by atoms with van der Waals surface area (Å²) in [6, 6.07) is 16.6. The summed E-state index contributed by atoms with van der Waals surface area (Å²) < 4.78 is 0. The Kier molecular flexibility index (Phi) is 6.97. The fraction of sp³-hybridized carbons (Fsp3) is 0.417. The molecule has 0 aliphatic carbocycles. The van der Waals surface area contributed by atoms with Crippen LogP contribution >= 0.6 is 11.6 Å². The molecular formula is C24H30ClN5O. The minimum absolute atomic E-state index is 0.217. The van der Waals surface area contributed by atoms with Crippen molar-refractivity contribution in [3.05, 3.63) is 64.7 Å². The van der Waals surface area contributed by atoms with Gasteiger partial charge in [-0.05, 0) is 42.2 Å². The predicted octanol–water partition coefficient (Wildman–Crippen LogP) is 3.41. The van der Waals surface area contributed by atoms with E-state index < -0.39 is 0 Å². The first-order valence-electron chi connectivity index (χ1n) is 10.9. The van der Waals surface area contributed by atoms with Gasteiger partial charge in [0.2, 0.25) is 5.91 Å². The number of hydrogen-bond donors (Lipinski definition) is 2. The van der Waals surface area contributed by atoms with Gasteiger partial charge in [0, 0.05) is 62.9 Å². The van der Waals surface area contributed by atoms with E-state index in [9.17, 15) is 4.79 Å². The first kappa shape index (κ1) is 21.5. The summed E-state index contributed by atoms with van der Waals surface area (Å²) in [5, 5.41) is 7.62. The largest absolute Gasteiger partial charge is 0.369 e. The number of rotatable bonds is 6. The number of halogens is 1. The van der Waals surface area contributed by atoms with Gasteiger partial charge in [-0.25, -0.2) is 0 Å². The molecule has 1 unspecified atom stereocenters. The smallest absolute Gasteiger partial charge is 0.223 e. The highest BCUT2D eigenvalue weighted by Gasteiger charge is 2.24. The Labute approximate surface area is 189 Å². The molecule has 164 valence electrons. The number of nitrogens with one attached hydrogen (secondary N) is 2. The fourth-order valence-corrected chi connectivity index (χ4v) is 4.47. The number of carbonyl (C=O) groups excluding carboxylic acids is 1. The minimum atomic E-state index is 0.217. The molecule has 0 spiro atoms. The lowest BCUT2D eigenvalue weighted by Crippen LogP contribution is -2.45. The van der Waals surface area contributed by atoms with Gasteiger partial charge in [-0.15, -0.1) is 0 Å². The summed E-state index contributed by atoms with van der Waals surface area (Å²) >= 11 is 6.13. The number of hydrogen-bond acceptors (Lipinski definition) is 3. The van der Waals surface area contributed by atoms with E-state index in [1.165, 1.54) is 11.1 Å². The van der Waals surface area contributed by atoms with Crippen LogP contribution < -0.4 is 15.5 Å². The van der Waals surface area contributed by atoms with Crippen molar-refractivity contribution >= 4 is 29.2 Å². The van der Waals surface area contributed by atoms with Gasteiger partial charge in [0.05, 0.1) is 0 Å². The summed E-state index contributed by atoms with van der Waals surface area (Å²) in [4.78, 5) is 21.2. The standard InChI is InChI=1S/C24H30ClN5O/c1-26-24(28-21-11-13-29(17-21)22-9-4-8-20(25)14-22)27-12-5-10-23(31)30-15-18-6-2-3-7-19(18)16-30/h2-4,6-9,14,21H,5,10-13,15-17H2,1H3,(H2,26,27,28). The monoisotopic (exact) mass is 439 g/mol. The van der Waals surface area contributed by atoms with E-state index in [-0.39, 0.29) is 5.91 Å². The lowest BCUT2D eigenvalue weighted by molar-refractivity contribution is -0.131. The molecular weight excluding hydrogens is 410 g/mol. The number of nitrogens with zero attached hydrogens (tertiary/aromatic N) is 3. The second-order valence-corrected chi connectivity index (χ2v) is 8.61. The number of anilines is 1. The minimum Gasteiger partial charge on any atom is -0.369 e. The Balaban J connectivity index is 1.16. The summed E-state index contributed by atoms with van der Waals surface area (Å²) in [6.45, 7) is 4.08. The molecule has 0 aromatic heterocycles. The quantitative estimate of drug-likeness (QED) is 0.411. The zero-order valence-corrected chi connectivity index (χ0v) is 18.7. The molecule has 2 aromatic rings. The third-order valence-electron chi connectivity index (χ3n) is 5.98. The molecule has 1 saturated heterocycles. The van der Waals surface area contributed by atoms with Crippen molar-refractivity contribution in [3.63, 3.8) is 0 Å². The summed E-state index contributed by atoms with van der Waals surface area (Å²) in [5.74, 6) is 1.01. The van der Waals surface area contributed by atoms with Crippen LogP contribution in [0.5, 0.6) is 0 Å². The SMILES string of the molecule is CN=C(NCCCC(=O)N1Cc2ccccc2C1)NC1CCN(c2cccc(Cl)c2)C1. The highest BCUT2D eigenvalue weighted by molar-refractivity contribution is 6.30. The van der Waals surface area contributed by atoms with Gasteiger partial charge in [-0.3, -0.25) is 9.79 Å². The van der Waals surface area contributed by atoms with E-state index in [0.717, 1.165) is 62.2 Å². The van der Waals surface area contributed by atoms with Crippen LogP contribution in [0.4, 0.5) is 5.69 Å². The van der Waals surface area contributed by atoms with Crippen molar-refractivity contribution in [1.82, 2.24) is 15.5 Å². The topological polar surface area (TPSA) is 60.0 Å². The number of fused-ring (bicyclic) bond motifs is 1. The third kappa shape index (κ3) is 5.50. The fourth-order valence-electron chi connectivity index (χ4n) is 4.29. The second-order valence-electron chi connectivity index (χ2n) is 8.18. The average Bonchev–Trinajstić information content (AvgIpc) is 3.42. The maximum atomic E-state index is 12.5. The predicted molar refractivity (Wildman–Crippen MR) is 126 cm³/mol. The number of guanidine groups is 1. The molecule has 1 fully saturated rings. The number of carbonyl (C=O) groups is 1. The van der Waals surface area contributed by atoms with E-state index in [0.29, 0.717) is 12.5 Å². The van der Waals surface area contributed by atoms with Gasteiger partial charge in [0.1, 0.15) is 0 Å². The van der Waals surface area contributed by atoms with Gasteiger partial charge in [0.15, 0.2) is 5.96 Å². The van der Waals surface area contributed by atoms with E-state index in [1.54, 1.807) is 7.05 Å². The molecule has 0 radical (unpaired) electrons. The Morgan fingerprint density at radius 1 is 1.16 bits per heavy atom. The maximum Gasteiger partial charge on any atom is 0.223 e. The number of benzene rings is 2. The Hall–Kier alpha value is -2.73. The van der Waals surface area contributed by atoms with Crippen LogP contribution in [0.2, 0.25) is 5.02 Å². The molecule has 2 aromatic carbocycles. The molecule has 2 heterocycles. The van der Waals surface area contributed by atoms with Gasteiger partial charge >= 0.3 is 0 Å². The Morgan fingerprint density at radius 3 is 2.65 bits per heavy atom. The van der Waals surface area contributed by atoms with Gasteiger partial charge < -0.3 is 20.4 Å². The van der Waals surface area contributed by atoms with Crippen molar-refractivity contribution < 1.29 is 4.79 Å². The van der Waals surface area contributed by atoms with Crippen LogP contribution in [0.25, 0.3) is 0 Å². The summed E-state index contributed by atoms with van der Waals surface area (Å²) in [5.41, 5.74) is 3.69. The van der Waals surface area contributed by atoms with E-state index in [1.807, 2.05) is 35.2 Å². The van der Waals surface area contributed by atoms with Crippen LogP contribution in [0.15, 0.2) is 53.5 Å². The van der Waals surface area contributed by atoms with Crippen LogP contribution in [-0.2, 0) is 17.9 Å². The molecule has 2 aliphatic heterocycles. The first-order chi connectivity index (χ1) is 15.1. The van der Waals surface area contributed by atoms with Crippen LogP contribution in [0.3, 0.4) is 0 Å². The zero-order valence-electron chi connectivity index (χ0n) is 18.0.